The van der Waals surface area contributed by atoms with Crippen LogP contribution in [-0.4, -0.2) is 6.61 Å². The van der Waals surface area contributed by atoms with E-state index in [1.165, 1.54) is 6.07 Å². The number of fused-ring (bicyclic) bond motifs is 1. The van der Waals surface area contributed by atoms with Crippen LogP contribution in [-0.2, 0) is 0 Å². The van der Waals surface area contributed by atoms with Gasteiger partial charge in [-0.3, -0.25) is 0 Å². The zero-order chi connectivity index (χ0) is 14.8. The summed E-state index contributed by atoms with van der Waals surface area (Å²) in [6.45, 7) is 0.625. The van der Waals surface area contributed by atoms with Gasteiger partial charge in [0, 0.05) is 11.6 Å². The van der Waals surface area contributed by atoms with Crippen LogP contribution in [0.3, 0.4) is 0 Å². The van der Waals surface area contributed by atoms with E-state index in [1.807, 2.05) is 24.3 Å². The van der Waals surface area contributed by atoms with Gasteiger partial charge in [-0.25, -0.2) is 8.78 Å². The molecule has 2 nitrogen and oxygen atoms in total. The van der Waals surface area contributed by atoms with Crippen molar-refractivity contribution in [2.24, 2.45) is 5.73 Å². The van der Waals surface area contributed by atoms with Gasteiger partial charge >= 0.3 is 0 Å². The Kier molecular flexibility index (Phi) is 3.88. The largest absolute Gasteiger partial charge is 0.493 e. The maximum atomic E-state index is 13.8. The lowest BCUT2D eigenvalue weighted by molar-refractivity contribution is 0.258. The van der Waals surface area contributed by atoms with Crippen LogP contribution >= 0.6 is 0 Å². The van der Waals surface area contributed by atoms with Gasteiger partial charge in [-0.2, -0.15) is 0 Å². The molecule has 0 aliphatic carbocycles. The third-order valence-corrected chi connectivity index (χ3v) is 3.98. The molecule has 21 heavy (non-hydrogen) atoms. The van der Waals surface area contributed by atoms with E-state index in [9.17, 15) is 8.78 Å². The monoisotopic (exact) mass is 289 g/mol. The van der Waals surface area contributed by atoms with Crippen LogP contribution in [0.2, 0.25) is 0 Å². The molecule has 0 bridgehead atoms. The number of nitrogens with two attached hydrogens (primary N) is 1. The molecule has 0 aromatic heterocycles. The Bertz CT molecular complexity index is 644. The predicted molar refractivity (Wildman–Crippen MR) is 77.2 cm³/mol. The van der Waals surface area contributed by atoms with E-state index in [2.05, 4.69) is 0 Å². The minimum absolute atomic E-state index is 0.201. The summed E-state index contributed by atoms with van der Waals surface area (Å²) < 4.78 is 32.7. The van der Waals surface area contributed by atoms with Crippen LogP contribution in [0.15, 0.2) is 42.5 Å². The van der Waals surface area contributed by atoms with E-state index in [0.717, 1.165) is 29.9 Å². The molecule has 2 aromatic carbocycles. The lowest BCUT2D eigenvalue weighted by atomic mass is 9.86. The molecule has 1 aliphatic heterocycles. The van der Waals surface area contributed by atoms with Crippen LogP contribution < -0.4 is 10.5 Å². The van der Waals surface area contributed by atoms with Crippen molar-refractivity contribution < 1.29 is 13.5 Å². The standard InChI is InChI=1S/C17H17F2NO/c18-12-5-6-15(19)14(10-12)16(20)9-11-7-8-21-17-4-2-1-3-13(11)17/h1-6,10-11,16H,7-9,20H2. The molecule has 1 aliphatic rings. The highest BCUT2D eigenvalue weighted by molar-refractivity contribution is 5.38. The summed E-state index contributed by atoms with van der Waals surface area (Å²) in [7, 11) is 0. The Morgan fingerprint density at radius 1 is 1.19 bits per heavy atom. The van der Waals surface area contributed by atoms with Gasteiger partial charge in [0.1, 0.15) is 17.4 Å². The number of hydrogen-bond donors (Lipinski definition) is 1. The first-order valence-electron chi connectivity index (χ1n) is 7.07. The first-order valence-corrected chi connectivity index (χ1v) is 7.07. The highest BCUT2D eigenvalue weighted by Gasteiger charge is 2.24. The SMILES string of the molecule is NC(CC1CCOc2ccccc21)c1cc(F)ccc1F. The van der Waals surface area contributed by atoms with Gasteiger partial charge in [-0.1, -0.05) is 18.2 Å². The quantitative estimate of drug-likeness (QED) is 0.929. The van der Waals surface area contributed by atoms with Crippen LogP contribution in [0.5, 0.6) is 5.75 Å². The lowest BCUT2D eigenvalue weighted by Gasteiger charge is -2.28. The van der Waals surface area contributed by atoms with E-state index < -0.39 is 17.7 Å². The molecule has 2 unspecified atom stereocenters. The van der Waals surface area contributed by atoms with E-state index in [-0.39, 0.29) is 11.5 Å². The Balaban J connectivity index is 1.82. The summed E-state index contributed by atoms with van der Waals surface area (Å²) >= 11 is 0. The van der Waals surface area contributed by atoms with Gasteiger partial charge in [0.2, 0.25) is 0 Å². The molecule has 1 heterocycles. The lowest BCUT2D eigenvalue weighted by Crippen LogP contribution is -2.20. The maximum Gasteiger partial charge on any atom is 0.128 e. The van der Waals surface area contributed by atoms with E-state index in [0.29, 0.717) is 13.0 Å². The average molecular weight is 289 g/mol. The van der Waals surface area contributed by atoms with Crippen molar-refractivity contribution in [2.45, 2.75) is 24.8 Å². The van der Waals surface area contributed by atoms with E-state index >= 15 is 0 Å². The summed E-state index contributed by atoms with van der Waals surface area (Å²) in [5.41, 5.74) is 7.43. The molecule has 2 atom stereocenters. The molecule has 0 saturated heterocycles. The number of halogens is 2. The van der Waals surface area contributed by atoms with Gasteiger partial charge in [-0.05, 0) is 48.6 Å². The summed E-state index contributed by atoms with van der Waals surface area (Å²) in [6, 6.07) is 10.7. The Labute approximate surface area is 122 Å². The van der Waals surface area contributed by atoms with Crippen LogP contribution in [0.1, 0.15) is 35.9 Å². The second kappa shape index (κ2) is 5.82. The number of para-hydroxylation sites is 1. The molecule has 2 aromatic rings. The first kappa shape index (κ1) is 14.0. The van der Waals surface area contributed by atoms with Crippen LogP contribution in [0.4, 0.5) is 8.78 Å². The van der Waals surface area contributed by atoms with Crippen molar-refractivity contribution in [2.75, 3.05) is 6.61 Å². The third-order valence-electron chi connectivity index (χ3n) is 3.98. The van der Waals surface area contributed by atoms with Gasteiger partial charge < -0.3 is 10.5 Å². The van der Waals surface area contributed by atoms with Crippen molar-refractivity contribution in [3.8, 4) is 5.75 Å². The average Bonchev–Trinajstić information content (AvgIpc) is 2.50. The number of rotatable bonds is 3. The fourth-order valence-electron chi connectivity index (χ4n) is 2.89. The van der Waals surface area contributed by atoms with Crippen molar-refractivity contribution in [1.82, 2.24) is 0 Å². The number of ether oxygens (including phenoxy) is 1. The molecule has 3 rings (SSSR count). The Morgan fingerprint density at radius 3 is 2.86 bits per heavy atom. The van der Waals surface area contributed by atoms with Crippen molar-refractivity contribution in [3.63, 3.8) is 0 Å². The predicted octanol–water partition coefficient (Wildman–Crippen LogP) is 3.92. The molecule has 0 saturated carbocycles. The molecule has 0 fully saturated rings. The molecular formula is C17H17F2NO. The molecule has 2 N–H and O–H groups in total. The second-order valence-electron chi connectivity index (χ2n) is 5.38. The number of benzene rings is 2. The normalized spacial score (nSPS) is 18.7. The van der Waals surface area contributed by atoms with Gasteiger partial charge in [-0.15, -0.1) is 0 Å². The van der Waals surface area contributed by atoms with E-state index in [1.54, 1.807) is 0 Å². The molecule has 0 amide bonds. The van der Waals surface area contributed by atoms with Gasteiger partial charge in [0.15, 0.2) is 0 Å². The minimum atomic E-state index is -0.531. The van der Waals surface area contributed by atoms with Crippen molar-refractivity contribution in [1.29, 1.82) is 0 Å². The zero-order valence-electron chi connectivity index (χ0n) is 11.6. The van der Waals surface area contributed by atoms with E-state index in [4.69, 9.17) is 10.5 Å². The molecular weight excluding hydrogens is 272 g/mol. The summed E-state index contributed by atoms with van der Waals surface area (Å²) in [5, 5.41) is 0. The molecule has 4 heteroatoms. The molecule has 110 valence electrons. The summed E-state index contributed by atoms with van der Waals surface area (Å²) in [6.07, 6.45) is 1.41. The third kappa shape index (κ3) is 2.90. The number of hydrogen-bond acceptors (Lipinski definition) is 2. The Morgan fingerprint density at radius 2 is 2.00 bits per heavy atom. The highest BCUT2D eigenvalue weighted by Crippen LogP contribution is 2.38. The second-order valence-corrected chi connectivity index (χ2v) is 5.38. The maximum absolute atomic E-state index is 13.8. The zero-order valence-corrected chi connectivity index (χ0v) is 11.6. The molecule has 0 spiro atoms. The highest BCUT2D eigenvalue weighted by atomic mass is 19.1. The van der Waals surface area contributed by atoms with Gasteiger partial charge in [0.25, 0.3) is 0 Å². The minimum Gasteiger partial charge on any atom is -0.493 e. The fourth-order valence-corrected chi connectivity index (χ4v) is 2.89. The first-order chi connectivity index (χ1) is 10.1. The van der Waals surface area contributed by atoms with Gasteiger partial charge in [0.05, 0.1) is 6.61 Å². The van der Waals surface area contributed by atoms with Crippen LogP contribution in [0, 0.1) is 11.6 Å². The van der Waals surface area contributed by atoms with Crippen LogP contribution in [0.25, 0.3) is 0 Å². The Hall–Kier alpha value is -1.94. The molecule has 0 radical (unpaired) electrons. The smallest absolute Gasteiger partial charge is 0.128 e. The summed E-state index contributed by atoms with van der Waals surface area (Å²) in [4.78, 5) is 0. The summed E-state index contributed by atoms with van der Waals surface area (Å²) in [5.74, 6) is 0.145. The fraction of sp³-hybridized carbons (Fsp3) is 0.294. The topological polar surface area (TPSA) is 35.2 Å². The van der Waals surface area contributed by atoms with Crippen molar-refractivity contribution in [3.05, 3.63) is 65.2 Å². The van der Waals surface area contributed by atoms with Crippen molar-refractivity contribution >= 4 is 0 Å².